The molecule has 0 aliphatic carbocycles. The molecule has 0 aliphatic heterocycles. The van der Waals surface area contributed by atoms with E-state index in [0.717, 1.165) is 12.5 Å². The van der Waals surface area contributed by atoms with Crippen LogP contribution in [0.3, 0.4) is 0 Å². The number of rotatable bonds is 5. The van der Waals surface area contributed by atoms with Gasteiger partial charge in [0.2, 0.25) is 0 Å². The van der Waals surface area contributed by atoms with Crippen molar-refractivity contribution in [2.45, 2.75) is 59.9 Å². The predicted octanol–water partition coefficient (Wildman–Crippen LogP) is 4.26. The molecule has 0 saturated heterocycles. The topological polar surface area (TPSA) is 12.0 Å². The second-order valence-corrected chi connectivity index (χ2v) is 6.65. The normalized spacial score (nSPS) is 13.7. The molecule has 1 unspecified atom stereocenters. The van der Waals surface area contributed by atoms with E-state index in [4.69, 9.17) is 0 Å². The summed E-state index contributed by atoms with van der Waals surface area (Å²) in [6, 6.07) is 6.60. The van der Waals surface area contributed by atoms with Crippen molar-refractivity contribution >= 4 is 0 Å². The summed E-state index contributed by atoms with van der Waals surface area (Å²) in [7, 11) is 0. The van der Waals surface area contributed by atoms with Crippen molar-refractivity contribution in [2.24, 2.45) is 5.92 Å². The monoisotopic (exact) mass is 247 g/mol. The van der Waals surface area contributed by atoms with Gasteiger partial charge in [0.05, 0.1) is 0 Å². The first-order valence-electron chi connectivity index (χ1n) is 7.09. The minimum atomic E-state index is 0.234. The van der Waals surface area contributed by atoms with E-state index in [1.807, 2.05) is 0 Å². The number of nitrogens with one attached hydrogen (secondary N) is 1. The maximum absolute atomic E-state index is 3.57. The Morgan fingerprint density at radius 2 is 1.67 bits per heavy atom. The van der Waals surface area contributed by atoms with E-state index in [2.05, 4.69) is 65.1 Å². The van der Waals surface area contributed by atoms with Crippen molar-refractivity contribution in [2.75, 3.05) is 6.54 Å². The molecule has 0 aromatic heterocycles. The van der Waals surface area contributed by atoms with Crippen molar-refractivity contribution in [1.82, 2.24) is 5.32 Å². The first-order chi connectivity index (χ1) is 8.29. The first-order valence-corrected chi connectivity index (χ1v) is 7.09. The molecule has 0 aliphatic rings. The Bertz CT molecular complexity index is 353. The fraction of sp³-hybridized carbons (Fsp3) is 0.647. The molecule has 1 heteroatoms. The Kier molecular flexibility index (Phi) is 5.40. The second-order valence-electron chi connectivity index (χ2n) is 6.65. The van der Waals surface area contributed by atoms with E-state index in [-0.39, 0.29) is 5.54 Å². The number of aryl methyl sites for hydroxylation is 2. The van der Waals surface area contributed by atoms with Crippen LogP contribution >= 0.6 is 0 Å². The van der Waals surface area contributed by atoms with Crippen LogP contribution in [0.15, 0.2) is 18.2 Å². The third kappa shape index (κ3) is 5.22. The standard InChI is InChI=1S/C17H29N/c1-13(10-11-18-17(4,5)6)12-16-14(2)8-7-9-15(16)3/h7-9,13,18H,10-12H2,1-6H3. The van der Waals surface area contributed by atoms with Gasteiger partial charge in [-0.3, -0.25) is 0 Å². The maximum atomic E-state index is 3.57. The van der Waals surface area contributed by atoms with Crippen LogP contribution in [0.25, 0.3) is 0 Å². The van der Waals surface area contributed by atoms with Gasteiger partial charge < -0.3 is 5.32 Å². The fourth-order valence-electron chi connectivity index (χ4n) is 2.32. The lowest BCUT2D eigenvalue weighted by Gasteiger charge is -2.22. The van der Waals surface area contributed by atoms with Crippen molar-refractivity contribution < 1.29 is 0 Å². The Balaban J connectivity index is 2.47. The molecule has 0 saturated carbocycles. The van der Waals surface area contributed by atoms with Gasteiger partial charge >= 0.3 is 0 Å². The average molecular weight is 247 g/mol. The molecule has 1 nitrogen and oxygen atoms in total. The highest BCUT2D eigenvalue weighted by Crippen LogP contribution is 2.19. The summed E-state index contributed by atoms with van der Waals surface area (Å²) in [6.07, 6.45) is 2.44. The highest BCUT2D eigenvalue weighted by atomic mass is 14.9. The van der Waals surface area contributed by atoms with Gasteiger partial charge in [0.15, 0.2) is 0 Å². The zero-order chi connectivity index (χ0) is 13.8. The van der Waals surface area contributed by atoms with Crippen LogP contribution in [0.5, 0.6) is 0 Å². The summed E-state index contributed by atoms with van der Waals surface area (Å²) < 4.78 is 0. The molecule has 0 heterocycles. The quantitative estimate of drug-likeness (QED) is 0.819. The van der Waals surface area contributed by atoms with Gasteiger partial charge in [-0.1, -0.05) is 25.1 Å². The summed E-state index contributed by atoms with van der Waals surface area (Å²) in [5.41, 5.74) is 4.65. The molecule has 0 spiro atoms. The third-order valence-electron chi connectivity index (χ3n) is 3.49. The van der Waals surface area contributed by atoms with Crippen molar-refractivity contribution in [3.05, 3.63) is 34.9 Å². The lowest BCUT2D eigenvalue weighted by Crippen LogP contribution is -2.37. The Morgan fingerprint density at radius 3 is 2.17 bits per heavy atom. The Labute approximate surface area is 113 Å². The molecule has 1 aromatic rings. The van der Waals surface area contributed by atoms with Gasteiger partial charge in [0.1, 0.15) is 0 Å². The minimum absolute atomic E-state index is 0.234. The fourth-order valence-corrected chi connectivity index (χ4v) is 2.32. The minimum Gasteiger partial charge on any atom is -0.312 e. The average Bonchev–Trinajstić information content (AvgIpc) is 2.22. The SMILES string of the molecule is Cc1cccc(C)c1CC(C)CCNC(C)(C)C. The highest BCUT2D eigenvalue weighted by molar-refractivity contribution is 5.33. The molecular weight excluding hydrogens is 218 g/mol. The second kappa shape index (κ2) is 6.38. The molecule has 102 valence electrons. The third-order valence-corrected chi connectivity index (χ3v) is 3.49. The predicted molar refractivity (Wildman–Crippen MR) is 81.2 cm³/mol. The van der Waals surface area contributed by atoms with Crippen LogP contribution in [-0.4, -0.2) is 12.1 Å². The summed E-state index contributed by atoms with van der Waals surface area (Å²) in [5.74, 6) is 0.736. The molecule has 1 N–H and O–H groups in total. The molecular formula is C17H29N. The molecule has 18 heavy (non-hydrogen) atoms. The van der Waals surface area contributed by atoms with Crippen LogP contribution < -0.4 is 5.32 Å². The smallest absolute Gasteiger partial charge is 0.00965 e. The van der Waals surface area contributed by atoms with Gasteiger partial charge in [0.25, 0.3) is 0 Å². The molecule has 1 atom stereocenters. The maximum Gasteiger partial charge on any atom is 0.00965 e. The first kappa shape index (κ1) is 15.2. The van der Waals surface area contributed by atoms with Gasteiger partial charge in [-0.15, -0.1) is 0 Å². The van der Waals surface area contributed by atoms with E-state index < -0.39 is 0 Å². The molecule has 1 aromatic carbocycles. The highest BCUT2D eigenvalue weighted by Gasteiger charge is 2.11. The molecule has 0 radical (unpaired) electrons. The molecule has 0 amide bonds. The number of hydrogen-bond acceptors (Lipinski definition) is 1. The zero-order valence-electron chi connectivity index (χ0n) is 12.9. The lowest BCUT2D eigenvalue weighted by molar-refractivity contribution is 0.393. The van der Waals surface area contributed by atoms with Crippen LogP contribution in [0.2, 0.25) is 0 Å². The van der Waals surface area contributed by atoms with Crippen molar-refractivity contribution in [1.29, 1.82) is 0 Å². The molecule has 1 rings (SSSR count). The van der Waals surface area contributed by atoms with Crippen molar-refractivity contribution in [3.63, 3.8) is 0 Å². The zero-order valence-corrected chi connectivity index (χ0v) is 12.9. The van der Waals surface area contributed by atoms with Crippen LogP contribution in [0, 0.1) is 19.8 Å². The Hall–Kier alpha value is -0.820. The van der Waals surface area contributed by atoms with Gasteiger partial charge in [-0.05, 0) is 76.6 Å². The van der Waals surface area contributed by atoms with Crippen LogP contribution in [0.1, 0.15) is 50.8 Å². The number of benzene rings is 1. The van der Waals surface area contributed by atoms with Gasteiger partial charge in [-0.25, -0.2) is 0 Å². The summed E-state index contributed by atoms with van der Waals surface area (Å²) in [5, 5.41) is 3.57. The van der Waals surface area contributed by atoms with Gasteiger partial charge in [-0.2, -0.15) is 0 Å². The van der Waals surface area contributed by atoms with Crippen molar-refractivity contribution in [3.8, 4) is 0 Å². The summed E-state index contributed by atoms with van der Waals surface area (Å²) >= 11 is 0. The van der Waals surface area contributed by atoms with Crippen LogP contribution in [0.4, 0.5) is 0 Å². The van der Waals surface area contributed by atoms with E-state index in [1.54, 1.807) is 5.56 Å². The van der Waals surface area contributed by atoms with Crippen LogP contribution in [-0.2, 0) is 6.42 Å². The Morgan fingerprint density at radius 1 is 1.11 bits per heavy atom. The summed E-state index contributed by atoms with van der Waals surface area (Å²) in [6.45, 7) is 14.6. The van der Waals surface area contributed by atoms with Gasteiger partial charge in [0, 0.05) is 5.54 Å². The van der Waals surface area contributed by atoms with E-state index >= 15 is 0 Å². The van der Waals surface area contributed by atoms with E-state index in [9.17, 15) is 0 Å². The summed E-state index contributed by atoms with van der Waals surface area (Å²) in [4.78, 5) is 0. The largest absolute Gasteiger partial charge is 0.312 e. The number of hydrogen-bond donors (Lipinski definition) is 1. The van der Waals surface area contributed by atoms with E-state index in [0.29, 0.717) is 0 Å². The molecule has 0 fully saturated rings. The molecule has 0 bridgehead atoms. The van der Waals surface area contributed by atoms with E-state index in [1.165, 1.54) is 24.0 Å². The lowest BCUT2D eigenvalue weighted by atomic mass is 9.92.